The number of aromatic hydroxyl groups is 1. The highest BCUT2D eigenvalue weighted by Crippen LogP contribution is 2.26. The Balaban J connectivity index is 1.57. The molecule has 3 N–H and O–H groups in total. The molecule has 2 aromatic carbocycles. The number of nitrogens with one attached hydrogen (secondary N) is 2. The second-order valence-corrected chi connectivity index (χ2v) is 7.27. The molecule has 0 spiro atoms. The third-order valence-corrected chi connectivity index (χ3v) is 5.22. The van der Waals surface area contributed by atoms with Crippen LogP contribution in [-0.4, -0.2) is 43.2 Å². The molecule has 3 rings (SSSR count). The normalized spacial score (nSPS) is 16.5. The Morgan fingerprint density at radius 3 is 2.60 bits per heavy atom. The summed E-state index contributed by atoms with van der Waals surface area (Å²) >= 11 is 3.42. The third-order valence-electron chi connectivity index (χ3n) is 4.73. The molecule has 1 aliphatic rings. The van der Waals surface area contributed by atoms with Gasteiger partial charge in [0.05, 0.1) is 31.9 Å². The summed E-state index contributed by atoms with van der Waals surface area (Å²) in [6, 6.07) is 14.9. The summed E-state index contributed by atoms with van der Waals surface area (Å²) in [6.07, 6.45) is 0. The maximum Gasteiger partial charge on any atom is 0.282 e. The predicted octanol–water partition coefficient (Wildman–Crippen LogP) is 1.89. The first-order chi connectivity index (χ1) is 12.0. The Morgan fingerprint density at radius 2 is 1.92 bits per heavy atom. The topological polar surface area (TPSA) is 57.0 Å². The van der Waals surface area contributed by atoms with Gasteiger partial charge in [-0.1, -0.05) is 34.1 Å². The van der Waals surface area contributed by atoms with Gasteiger partial charge < -0.3 is 20.2 Å². The summed E-state index contributed by atoms with van der Waals surface area (Å²) < 4.78 is 0.946. The van der Waals surface area contributed by atoms with Gasteiger partial charge in [-0.25, -0.2) is 0 Å². The number of carbonyl (C=O) groups excluding carboxylic acids is 1. The molecule has 132 valence electrons. The molecule has 1 aliphatic heterocycles. The number of halogens is 1. The van der Waals surface area contributed by atoms with E-state index in [9.17, 15) is 9.90 Å². The minimum Gasteiger partial charge on any atom is -0.506 e. The molecule has 0 unspecified atom stereocenters. The monoisotopic (exact) mass is 404 g/mol. The van der Waals surface area contributed by atoms with E-state index in [1.807, 2.05) is 49.4 Å². The number of phenolic OH excluding ortho intramolecular Hbond substituents is 1. The van der Waals surface area contributed by atoms with Crippen molar-refractivity contribution in [1.29, 1.82) is 0 Å². The van der Waals surface area contributed by atoms with Gasteiger partial charge in [0.2, 0.25) is 0 Å². The molecule has 0 bridgehead atoms. The Bertz CT molecular complexity index is 745. The van der Waals surface area contributed by atoms with Crippen LogP contribution in [-0.2, 0) is 4.79 Å². The lowest BCUT2D eigenvalue weighted by atomic mass is 10.2. The van der Waals surface area contributed by atoms with Crippen molar-refractivity contribution in [2.24, 2.45) is 0 Å². The van der Waals surface area contributed by atoms with Crippen LogP contribution >= 0.6 is 15.9 Å². The smallest absolute Gasteiger partial charge is 0.282 e. The molecule has 1 saturated heterocycles. The van der Waals surface area contributed by atoms with Gasteiger partial charge in [0.15, 0.2) is 6.04 Å². The van der Waals surface area contributed by atoms with Gasteiger partial charge in [-0.2, -0.15) is 0 Å². The van der Waals surface area contributed by atoms with E-state index in [0.717, 1.165) is 42.0 Å². The number of carbonyl (C=O) groups is 1. The van der Waals surface area contributed by atoms with Crippen LogP contribution in [0.5, 0.6) is 5.75 Å². The fourth-order valence-electron chi connectivity index (χ4n) is 3.20. The van der Waals surface area contributed by atoms with E-state index < -0.39 is 0 Å². The largest absolute Gasteiger partial charge is 0.506 e. The van der Waals surface area contributed by atoms with Crippen molar-refractivity contribution in [3.8, 4) is 5.75 Å². The molecule has 0 aromatic heterocycles. The molecule has 1 heterocycles. The number of piperazine rings is 1. The second kappa shape index (κ2) is 7.89. The number of anilines is 2. The molecule has 2 aromatic rings. The summed E-state index contributed by atoms with van der Waals surface area (Å²) in [5.41, 5.74) is 1.67. The SMILES string of the molecule is C[C@H](C(=O)Nc1cccc(Br)c1)[NH+]1CCN(c2ccccc2O)CC1. The van der Waals surface area contributed by atoms with Crippen LogP contribution in [0.2, 0.25) is 0 Å². The highest BCUT2D eigenvalue weighted by Gasteiger charge is 2.29. The maximum absolute atomic E-state index is 12.5. The lowest BCUT2D eigenvalue weighted by Crippen LogP contribution is -3.19. The van der Waals surface area contributed by atoms with Crippen LogP contribution in [0.4, 0.5) is 11.4 Å². The first-order valence-electron chi connectivity index (χ1n) is 8.48. The van der Waals surface area contributed by atoms with Crippen LogP contribution in [0.15, 0.2) is 53.0 Å². The Hall–Kier alpha value is -2.05. The van der Waals surface area contributed by atoms with Crippen molar-refractivity contribution in [3.05, 3.63) is 53.0 Å². The predicted molar refractivity (Wildman–Crippen MR) is 103 cm³/mol. The highest BCUT2D eigenvalue weighted by atomic mass is 79.9. The molecular weight excluding hydrogens is 382 g/mol. The zero-order valence-electron chi connectivity index (χ0n) is 14.2. The fraction of sp³-hybridized carbons (Fsp3) is 0.316. The zero-order chi connectivity index (χ0) is 17.8. The first-order valence-corrected chi connectivity index (χ1v) is 9.28. The van der Waals surface area contributed by atoms with E-state index >= 15 is 0 Å². The van der Waals surface area contributed by atoms with Crippen LogP contribution in [0.25, 0.3) is 0 Å². The van der Waals surface area contributed by atoms with Crippen molar-refractivity contribution < 1.29 is 14.8 Å². The number of phenols is 1. The van der Waals surface area contributed by atoms with Gasteiger partial charge in [0, 0.05) is 10.2 Å². The van der Waals surface area contributed by atoms with Crippen LogP contribution in [0.3, 0.4) is 0 Å². The Labute approximate surface area is 156 Å². The molecule has 0 radical (unpaired) electrons. The summed E-state index contributed by atoms with van der Waals surface area (Å²) in [5, 5.41) is 13.0. The van der Waals surface area contributed by atoms with Crippen LogP contribution < -0.4 is 15.1 Å². The quantitative estimate of drug-likeness (QED) is 0.728. The fourth-order valence-corrected chi connectivity index (χ4v) is 3.60. The van der Waals surface area contributed by atoms with E-state index in [-0.39, 0.29) is 11.9 Å². The third kappa shape index (κ3) is 4.32. The van der Waals surface area contributed by atoms with Crippen LogP contribution in [0.1, 0.15) is 6.92 Å². The zero-order valence-corrected chi connectivity index (χ0v) is 15.8. The molecule has 1 amide bonds. The number of para-hydroxylation sites is 2. The van der Waals surface area contributed by atoms with Crippen molar-refractivity contribution in [1.82, 2.24) is 0 Å². The van der Waals surface area contributed by atoms with Gasteiger partial charge in [-0.05, 0) is 37.3 Å². The van der Waals surface area contributed by atoms with E-state index in [4.69, 9.17) is 0 Å². The lowest BCUT2D eigenvalue weighted by molar-refractivity contribution is -0.914. The second-order valence-electron chi connectivity index (χ2n) is 6.36. The molecule has 1 atom stereocenters. The number of amides is 1. The molecule has 1 fully saturated rings. The standard InChI is InChI=1S/C19H22BrN3O2/c1-14(19(25)21-16-6-4-5-15(20)13-16)22-9-11-23(12-10-22)17-7-2-3-8-18(17)24/h2-8,13-14,24H,9-12H2,1H3,(H,21,25)/p+1/t14-/m1/s1. The number of benzene rings is 2. The van der Waals surface area contributed by atoms with E-state index in [1.54, 1.807) is 6.07 Å². The molecule has 6 heteroatoms. The van der Waals surface area contributed by atoms with E-state index in [0.29, 0.717) is 5.75 Å². The summed E-state index contributed by atoms with van der Waals surface area (Å²) in [5.74, 6) is 0.343. The number of rotatable bonds is 4. The maximum atomic E-state index is 12.5. The average molecular weight is 405 g/mol. The van der Waals surface area contributed by atoms with E-state index in [1.165, 1.54) is 4.90 Å². The number of hydrogen-bond donors (Lipinski definition) is 3. The Morgan fingerprint density at radius 1 is 1.20 bits per heavy atom. The average Bonchev–Trinajstić information content (AvgIpc) is 2.62. The van der Waals surface area contributed by atoms with Crippen molar-refractivity contribution in [2.75, 3.05) is 36.4 Å². The van der Waals surface area contributed by atoms with Crippen molar-refractivity contribution in [2.45, 2.75) is 13.0 Å². The minimum atomic E-state index is -0.120. The lowest BCUT2D eigenvalue weighted by Gasteiger charge is -2.36. The highest BCUT2D eigenvalue weighted by molar-refractivity contribution is 9.10. The van der Waals surface area contributed by atoms with Gasteiger partial charge in [-0.3, -0.25) is 4.79 Å². The molecular formula is C19H23BrN3O2+. The van der Waals surface area contributed by atoms with Crippen molar-refractivity contribution >= 4 is 33.2 Å². The molecule has 5 nitrogen and oxygen atoms in total. The molecule has 25 heavy (non-hydrogen) atoms. The number of hydrogen-bond acceptors (Lipinski definition) is 3. The Kier molecular flexibility index (Phi) is 5.60. The summed E-state index contributed by atoms with van der Waals surface area (Å²) in [6.45, 7) is 5.34. The van der Waals surface area contributed by atoms with Gasteiger partial charge >= 0.3 is 0 Å². The molecule has 0 aliphatic carbocycles. The van der Waals surface area contributed by atoms with Gasteiger partial charge in [0.1, 0.15) is 5.75 Å². The number of quaternary nitrogens is 1. The van der Waals surface area contributed by atoms with Crippen LogP contribution in [0, 0.1) is 0 Å². The first kappa shape index (κ1) is 17.8. The van der Waals surface area contributed by atoms with Gasteiger partial charge in [-0.15, -0.1) is 0 Å². The minimum absolute atomic E-state index is 0.0316. The number of nitrogens with zero attached hydrogens (tertiary/aromatic N) is 1. The van der Waals surface area contributed by atoms with E-state index in [2.05, 4.69) is 26.1 Å². The summed E-state index contributed by atoms with van der Waals surface area (Å²) in [4.78, 5) is 16.0. The summed E-state index contributed by atoms with van der Waals surface area (Å²) in [7, 11) is 0. The van der Waals surface area contributed by atoms with Gasteiger partial charge in [0.25, 0.3) is 5.91 Å². The van der Waals surface area contributed by atoms with Crippen molar-refractivity contribution in [3.63, 3.8) is 0 Å². The molecule has 0 saturated carbocycles.